The summed E-state index contributed by atoms with van der Waals surface area (Å²) in [5, 5.41) is 6.01. The zero-order valence-electron chi connectivity index (χ0n) is 17.5. The number of rotatable bonds is 8. The van der Waals surface area contributed by atoms with E-state index in [9.17, 15) is 4.79 Å². The van der Waals surface area contributed by atoms with Crippen LogP contribution in [-0.4, -0.2) is 42.4 Å². The van der Waals surface area contributed by atoms with Gasteiger partial charge in [0.2, 0.25) is 0 Å². The minimum absolute atomic E-state index is 0.171. The summed E-state index contributed by atoms with van der Waals surface area (Å²) >= 11 is 7.31. The van der Waals surface area contributed by atoms with Crippen molar-refractivity contribution in [2.24, 2.45) is 0 Å². The molecular weight excluding hydrogens is 428 g/mol. The summed E-state index contributed by atoms with van der Waals surface area (Å²) in [5.74, 6) is 1.82. The van der Waals surface area contributed by atoms with Crippen molar-refractivity contribution in [3.05, 3.63) is 65.0 Å². The number of H-pyrrole nitrogens is 1. The molecule has 0 radical (unpaired) electrons. The number of imidazole rings is 1. The standard InChI is InChI=1S/C22H24N6OS2/c1-3-31-17-7-5-16(6-8-17)19-13-20(30)28-21(26-19)18(14-25-28)22(29)24-9-4-11-27-12-10-23-15(27)2/h5-8,10,12-14,25H,3-4,9,11H2,1-2H3,(H,24,29). The molecule has 0 fully saturated rings. The van der Waals surface area contributed by atoms with E-state index in [1.807, 2.05) is 31.3 Å². The van der Waals surface area contributed by atoms with Crippen LogP contribution in [0, 0.1) is 11.6 Å². The number of thioether (sulfide) groups is 1. The van der Waals surface area contributed by atoms with Gasteiger partial charge in [0.15, 0.2) is 5.65 Å². The SMILES string of the molecule is CCSc1ccc(-c2cc(=S)n3[nH]cc(C(=O)NCCCn4ccnc4C)c3n2)cc1. The highest BCUT2D eigenvalue weighted by atomic mass is 32.2. The first-order chi connectivity index (χ1) is 15.1. The van der Waals surface area contributed by atoms with E-state index in [2.05, 4.69) is 39.0 Å². The average Bonchev–Trinajstić information content (AvgIpc) is 3.38. The lowest BCUT2D eigenvalue weighted by Gasteiger charge is -2.07. The molecule has 4 aromatic rings. The van der Waals surface area contributed by atoms with Crippen LogP contribution in [0.4, 0.5) is 0 Å². The molecule has 0 saturated heterocycles. The molecule has 0 aliphatic heterocycles. The van der Waals surface area contributed by atoms with E-state index in [0.717, 1.165) is 35.8 Å². The number of hydrogen-bond donors (Lipinski definition) is 2. The zero-order valence-corrected chi connectivity index (χ0v) is 19.1. The maximum absolute atomic E-state index is 12.8. The molecule has 0 spiro atoms. The van der Waals surface area contributed by atoms with Gasteiger partial charge in [-0.3, -0.25) is 9.89 Å². The van der Waals surface area contributed by atoms with Crippen LogP contribution in [-0.2, 0) is 6.54 Å². The first kappa shape index (κ1) is 21.3. The zero-order chi connectivity index (χ0) is 21.8. The monoisotopic (exact) mass is 452 g/mol. The van der Waals surface area contributed by atoms with Crippen LogP contribution in [0.2, 0.25) is 0 Å². The quantitative estimate of drug-likeness (QED) is 0.234. The van der Waals surface area contributed by atoms with Gasteiger partial charge in [0.25, 0.3) is 5.91 Å². The van der Waals surface area contributed by atoms with Gasteiger partial charge in [-0.05, 0) is 31.2 Å². The van der Waals surface area contributed by atoms with Crippen molar-refractivity contribution in [3.8, 4) is 11.3 Å². The maximum Gasteiger partial charge on any atom is 0.256 e. The smallest absolute Gasteiger partial charge is 0.256 e. The van der Waals surface area contributed by atoms with Crippen LogP contribution in [0.15, 0.2) is 53.8 Å². The third-order valence-corrected chi connectivity index (χ3v) is 6.18. The molecule has 7 nitrogen and oxygen atoms in total. The van der Waals surface area contributed by atoms with Gasteiger partial charge >= 0.3 is 0 Å². The van der Waals surface area contributed by atoms with Gasteiger partial charge in [-0.25, -0.2) is 14.5 Å². The highest BCUT2D eigenvalue weighted by molar-refractivity contribution is 7.99. The molecule has 0 bridgehead atoms. The number of hydrogen-bond acceptors (Lipinski definition) is 5. The van der Waals surface area contributed by atoms with Gasteiger partial charge < -0.3 is 9.88 Å². The van der Waals surface area contributed by atoms with Gasteiger partial charge in [0, 0.05) is 48.2 Å². The van der Waals surface area contributed by atoms with Crippen molar-refractivity contribution < 1.29 is 4.79 Å². The van der Waals surface area contributed by atoms with Crippen molar-refractivity contribution in [1.29, 1.82) is 0 Å². The molecule has 3 heterocycles. The lowest BCUT2D eigenvalue weighted by atomic mass is 10.1. The lowest BCUT2D eigenvalue weighted by Crippen LogP contribution is -2.25. The van der Waals surface area contributed by atoms with E-state index >= 15 is 0 Å². The first-order valence-corrected chi connectivity index (χ1v) is 11.6. The van der Waals surface area contributed by atoms with E-state index in [0.29, 0.717) is 22.4 Å². The number of aryl methyl sites for hydroxylation is 2. The number of aromatic amines is 1. The van der Waals surface area contributed by atoms with Crippen molar-refractivity contribution in [3.63, 3.8) is 0 Å². The Bertz CT molecular complexity index is 1260. The first-order valence-electron chi connectivity index (χ1n) is 10.2. The number of fused-ring (bicyclic) bond motifs is 1. The highest BCUT2D eigenvalue weighted by Crippen LogP contribution is 2.24. The predicted octanol–water partition coefficient (Wildman–Crippen LogP) is 4.50. The summed E-state index contributed by atoms with van der Waals surface area (Å²) in [4.78, 5) is 22.9. The summed E-state index contributed by atoms with van der Waals surface area (Å²) in [5.41, 5.74) is 2.72. The van der Waals surface area contributed by atoms with Gasteiger partial charge in [0.05, 0.1) is 5.69 Å². The van der Waals surface area contributed by atoms with E-state index in [4.69, 9.17) is 17.2 Å². The normalized spacial score (nSPS) is 11.2. The van der Waals surface area contributed by atoms with Crippen LogP contribution in [0.1, 0.15) is 29.5 Å². The van der Waals surface area contributed by atoms with E-state index in [1.165, 1.54) is 4.90 Å². The number of nitrogens with one attached hydrogen (secondary N) is 2. The molecule has 1 aromatic carbocycles. The lowest BCUT2D eigenvalue weighted by molar-refractivity contribution is 0.0954. The molecular formula is C22H24N6OS2. The molecule has 3 aromatic heterocycles. The summed E-state index contributed by atoms with van der Waals surface area (Å²) in [7, 11) is 0. The van der Waals surface area contributed by atoms with Crippen LogP contribution in [0.5, 0.6) is 0 Å². The van der Waals surface area contributed by atoms with E-state index in [1.54, 1.807) is 28.7 Å². The van der Waals surface area contributed by atoms with Crippen LogP contribution >= 0.6 is 24.0 Å². The fourth-order valence-corrected chi connectivity index (χ4v) is 4.28. The fraction of sp³-hybridized carbons (Fsp3) is 0.273. The Balaban J connectivity index is 1.51. The molecule has 0 saturated carbocycles. The second kappa shape index (κ2) is 9.49. The van der Waals surface area contributed by atoms with Crippen LogP contribution < -0.4 is 5.32 Å². The molecule has 0 atom stereocenters. The topological polar surface area (TPSA) is 80.0 Å². The second-order valence-corrected chi connectivity index (χ2v) is 8.82. The highest BCUT2D eigenvalue weighted by Gasteiger charge is 2.15. The molecule has 31 heavy (non-hydrogen) atoms. The third kappa shape index (κ3) is 4.72. The Morgan fingerprint density at radius 3 is 2.81 bits per heavy atom. The van der Waals surface area contributed by atoms with Gasteiger partial charge in [-0.15, -0.1) is 11.8 Å². The average molecular weight is 453 g/mol. The van der Waals surface area contributed by atoms with Crippen molar-refractivity contribution in [1.82, 2.24) is 29.5 Å². The number of carbonyl (C=O) groups excluding carboxylic acids is 1. The summed E-state index contributed by atoms with van der Waals surface area (Å²) in [6, 6.07) is 10.1. The van der Waals surface area contributed by atoms with Crippen LogP contribution in [0.25, 0.3) is 16.9 Å². The second-order valence-electron chi connectivity index (χ2n) is 7.06. The Kier molecular flexibility index (Phi) is 6.53. The van der Waals surface area contributed by atoms with Crippen LogP contribution in [0.3, 0.4) is 0 Å². The Morgan fingerprint density at radius 1 is 1.29 bits per heavy atom. The number of aromatic nitrogens is 5. The molecule has 0 aliphatic carbocycles. The van der Waals surface area contributed by atoms with Crippen molar-refractivity contribution >= 4 is 35.5 Å². The van der Waals surface area contributed by atoms with E-state index in [-0.39, 0.29) is 5.91 Å². The molecule has 1 amide bonds. The van der Waals surface area contributed by atoms with Gasteiger partial charge in [0.1, 0.15) is 16.0 Å². The molecule has 9 heteroatoms. The Hall–Kier alpha value is -2.91. The Morgan fingerprint density at radius 2 is 2.10 bits per heavy atom. The summed E-state index contributed by atoms with van der Waals surface area (Å²) in [6.07, 6.45) is 6.18. The third-order valence-electron chi connectivity index (χ3n) is 4.99. The molecule has 0 unspecified atom stereocenters. The molecule has 160 valence electrons. The summed E-state index contributed by atoms with van der Waals surface area (Å²) in [6.45, 7) is 5.46. The molecule has 4 rings (SSSR count). The number of amides is 1. The number of nitrogens with zero attached hydrogens (tertiary/aromatic N) is 4. The maximum atomic E-state index is 12.8. The molecule has 2 N–H and O–H groups in total. The Labute approximate surface area is 189 Å². The van der Waals surface area contributed by atoms with E-state index < -0.39 is 0 Å². The van der Waals surface area contributed by atoms with Crippen molar-refractivity contribution in [2.45, 2.75) is 31.7 Å². The van der Waals surface area contributed by atoms with Gasteiger partial charge in [-0.1, -0.05) is 31.3 Å². The molecule has 0 aliphatic rings. The van der Waals surface area contributed by atoms with Crippen molar-refractivity contribution in [2.75, 3.05) is 12.3 Å². The predicted molar refractivity (Wildman–Crippen MR) is 126 cm³/mol. The minimum atomic E-state index is -0.171. The summed E-state index contributed by atoms with van der Waals surface area (Å²) < 4.78 is 4.29. The number of carbonyl (C=O) groups is 1. The number of benzene rings is 1. The van der Waals surface area contributed by atoms with Gasteiger partial charge in [-0.2, -0.15) is 0 Å². The fourth-order valence-electron chi connectivity index (χ4n) is 3.37. The minimum Gasteiger partial charge on any atom is -0.352 e. The largest absolute Gasteiger partial charge is 0.352 e.